The Labute approximate surface area is 109 Å². The lowest BCUT2D eigenvalue weighted by molar-refractivity contribution is 0.103. The number of para-hydroxylation sites is 1. The molecule has 0 saturated carbocycles. The van der Waals surface area contributed by atoms with Crippen LogP contribution in [0.3, 0.4) is 0 Å². The second-order valence-corrected chi connectivity index (χ2v) is 4.96. The highest BCUT2D eigenvalue weighted by molar-refractivity contribution is 5.35. The van der Waals surface area contributed by atoms with Crippen molar-refractivity contribution in [2.24, 2.45) is 0 Å². The Bertz CT molecular complexity index is 381. The standard InChI is InChI=1S/C15H23NO2/c1-3-12-7-6-10-16(12)11-14(17)13-8-4-5-9-15(13)18-2/h4-5,8-9,12,14,17H,3,6-7,10-11H2,1-2H3. The van der Waals surface area contributed by atoms with Crippen LogP contribution in [0.2, 0.25) is 0 Å². The molecule has 1 fully saturated rings. The van der Waals surface area contributed by atoms with Crippen LogP contribution in [0.25, 0.3) is 0 Å². The zero-order valence-corrected chi connectivity index (χ0v) is 11.3. The summed E-state index contributed by atoms with van der Waals surface area (Å²) in [5, 5.41) is 10.4. The number of nitrogens with zero attached hydrogens (tertiary/aromatic N) is 1. The van der Waals surface area contributed by atoms with E-state index in [2.05, 4.69) is 11.8 Å². The van der Waals surface area contributed by atoms with Gasteiger partial charge in [0, 0.05) is 18.2 Å². The van der Waals surface area contributed by atoms with Crippen molar-refractivity contribution < 1.29 is 9.84 Å². The van der Waals surface area contributed by atoms with Gasteiger partial charge in [0.15, 0.2) is 0 Å². The van der Waals surface area contributed by atoms with Gasteiger partial charge in [-0.05, 0) is 31.9 Å². The van der Waals surface area contributed by atoms with Crippen molar-refractivity contribution >= 4 is 0 Å². The fourth-order valence-corrected chi connectivity index (χ4v) is 2.86. The van der Waals surface area contributed by atoms with Gasteiger partial charge in [-0.25, -0.2) is 0 Å². The second-order valence-electron chi connectivity index (χ2n) is 4.96. The molecule has 0 aliphatic carbocycles. The first kappa shape index (κ1) is 13.4. The highest BCUT2D eigenvalue weighted by Crippen LogP contribution is 2.28. The lowest BCUT2D eigenvalue weighted by Crippen LogP contribution is -2.33. The smallest absolute Gasteiger partial charge is 0.124 e. The summed E-state index contributed by atoms with van der Waals surface area (Å²) in [6.07, 6.45) is 3.21. The third kappa shape index (κ3) is 2.85. The molecular formula is C15H23NO2. The number of hydrogen-bond donors (Lipinski definition) is 1. The molecule has 0 spiro atoms. The molecule has 100 valence electrons. The molecule has 1 aromatic rings. The number of aliphatic hydroxyl groups excluding tert-OH is 1. The third-order valence-electron chi connectivity index (χ3n) is 3.88. The average Bonchev–Trinajstić information content (AvgIpc) is 2.85. The van der Waals surface area contributed by atoms with Crippen molar-refractivity contribution in [1.29, 1.82) is 0 Å². The quantitative estimate of drug-likeness (QED) is 0.870. The Morgan fingerprint density at radius 2 is 2.22 bits per heavy atom. The van der Waals surface area contributed by atoms with Crippen LogP contribution in [0.15, 0.2) is 24.3 Å². The summed E-state index contributed by atoms with van der Waals surface area (Å²) in [6, 6.07) is 8.36. The average molecular weight is 249 g/mol. The molecule has 0 aromatic heterocycles. The molecule has 2 unspecified atom stereocenters. The van der Waals surface area contributed by atoms with E-state index in [0.717, 1.165) is 17.9 Å². The number of ether oxygens (including phenoxy) is 1. The molecule has 1 heterocycles. The molecule has 2 atom stereocenters. The molecule has 1 saturated heterocycles. The largest absolute Gasteiger partial charge is 0.496 e. The molecule has 1 N–H and O–H groups in total. The number of rotatable bonds is 5. The van der Waals surface area contributed by atoms with Crippen LogP contribution in [0, 0.1) is 0 Å². The molecule has 0 radical (unpaired) electrons. The van der Waals surface area contributed by atoms with E-state index in [1.807, 2.05) is 24.3 Å². The monoisotopic (exact) mass is 249 g/mol. The molecule has 1 aromatic carbocycles. The molecule has 18 heavy (non-hydrogen) atoms. The van der Waals surface area contributed by atoms with E-state index in [9.17, 15) is 5.11 Å². The second kappa shape index (κ2) is 6.21. The molecule has 3 heteroatoms. The van der Waals surface area contributed by atoms with E-state index in [0.29, 0.717) is 12.6 Å². The summed E-state index contributed by atoms with van der Waals surface area (Å²) in [6.45, 7) is 4.03. The Morgan fingerprint density at radius 3 is 2.94 bits per heavy atom. The molecule has 0 bridgehead atoms. The van der Waals surface area contributed by atoms with Crippen LogP contribution in [0.4, 0.5) is 0 Å². The summed E-state index contributed by atoms with van der Waals surface area (Å²) >= 11 is 0. The molecule has 0 amide bonds. The van der Waals surface area contributed by atoms with Crippen molar-refractivity contribution in [3.8, 4) is 5.75 Å². The maximum atomic E-state index is 10.4. The Morgan fingerprint density at radius 1 is 1.44 bits per heavy atom. The van der Waals surface area contributed by atoms with Gasteiger partial charge in [-0.15, -0.1) is 0 Å². The minimum absolute atomic E-state index is 0.465. The number of aliphatic hydroxyl groups is 1. The topological polar surface area (TPSA) is 32.7 Å². The predicted octanol–water partition coefficient (Wildman–Crippen LogP) is 2.60. The van der Waals surface area contributed by atoms with Gasteiger partial charge >= 0.3 is 0 Å². The Hall–Kier alpha value is -1.06. The molecular weight excluding hydrogens is 226 g/mol. The van der Waals surface area contributed by atoms with Crippen molar-refractivity contribution in [2.75, 3.05) is 20.2 Å². The first-order chi connectivity index (χ1) is 8.76. The van der Waals surface area contributed by atoms with Gasteiger partial charge in [-0.3, -0.25) is 4.90 Å². The maximum absolute atomic E-state index is 10.4. The van der Waals surface area contributed by atoms with Crippen LogP contribution in [-0.2, 0) is 0 Å². The fraction of sp³-hybridized carbons (Fsp3) is 0.600. The zero-order chi connectivity index (χ0) is 13.0. The highest BCUT2D eigenvalue weighted by atomic mass is 16.5. The van der Waals surface area contributed by atoms with Crippen LogP contribution in [0.5, 0.6) is 5.75 Å². The van der Waals surface area contributed by atoms with Gasteiger partial charge in [0.05, 0.1) is 13.2 Å². The normalized spacial score (nSPS) is 22.1. The van der Waals surface area contributed by atoms with Gasteiger partial charge in [-0.1, -0.05) is 25.1 Å². The van der Waals surface area contributed by atoms with Gasteiger partial charge in [0.25, 0.3) is 0 Å². The van der Waals surface area contributed by atoms with E-state index in [4.69, 9.17) is 4.74 Å². The third-order valence-corrected chi connectivity index (χ3v) is 3.88. The lowest BCUT2D eigenvalue weighted by Gasteiger charge is -2.26. The van der Waals surface area contributed by atoms with Crippen LogP contribution >= 0.6 is 0 Å². The first-order valence-corrected chi connectivity index (χ1v) is 6.81. The van der Waals surface area contributed by atoms with E-state index < -0.39 is 6.10 Å². The number of likely N-dealkylation sites (tertiary alicyclic amines) is 1. The Balaban J connectivity index is 2.05. The van der Waals surface area contributed by atoms with Gasteiger partial charge < -0.3 is 9.84 Å². The number of methoxy groups -OCH3 is 1. The van der Waals surface area contributed by atoms with Crippen molar-refractivity contribution in [3.05, 3.63) is 29.8 Å². The highest BCUT2D eigenvalue weighted by Gasteiger charge is 2.26. The SMILES string of the molecule is CCC1CCCN1CC(O)c1ccccc1OC. The fourth-order valence-electron chi connectivity index (χ4n) is 2.86. The van der Waals surface area contributed by atoms with Crippen molar-refractivity contribution in [1.82, 2.24) is 4.90 Å². The summed E-state index contributed by atoms with van der Waals surface area (Å²) in [7, 11) is 1.65. The summed E-state index contributed by atoms with van der Waals surface area (Å²) in [4.78, 5) is 2.40. The number of hydrogen-bond acceptors (Lipinski definition) is 3. The number of benzene rings is 1. The minimum atomic E-state index is -0.465. The molecule has 1 aliphatic rings. The lowest BCUT2D eigenvalue weighted by atomic mass is 10.1. The van der Waals surface area contributed by atoms with Gasteiger partial charge in [0.1, 0.15) is 5.75 Å². The van der Waals surface area contributed by atoms with Crippen molar-refractivity contribution in [2.45, 2.75) is 38.3 Å². The van der Waals surface area contributed by atoms with Crippen LogP contribution < -0.4 is 4.74 Å². The van der Waals surface area contributed by atoms with E-state index in [1.165, 1.54) is 19.3 Å². The number of β-amino-alcohol motifs (C(OH)–C–C–N with tert-alkyl or cyclic N) is 1. The van der Waals surface area contributed by atoms with Gasteiger partial charge in [-0.2, -0.15) is 0 Å². The summed E-state index contributed by atoms with van der Waals surface area (Å²) in [5.41, 5.74) is 0.891. The molecule has 2 rings (SSSR count). The molecule has 1 aliphatic heterocycles. The Kier molecular flexibility index (Phi) is 4.61. The zero-order valence-electron chi connectivity index (χ0n) is 11.3. The summed E-state index contributed by atoms with van der Waals surface area (Å²) < 4.78 is 5.31. The summed E-state index contributed by atoms with van der Waals surface area (Å²) in [5.74, 6) is 0.775. The van der Waals surface area contributed by atoms with Crippen molar-refractivity contribution in [3.63, 3.8) is 0 Å². The van der Waals surface area contributed by atoms with E-state index >= 15 is 0 Å². The van der Waals surface area contributed by atoms with E-state index in [1.54, 1.807) is 7.11 Å². The van der Waals surface area contributed by atoms with Crippen LogP contribution in [-0.4, -0.2) is 36.2 Å². The van der Waals surface area contributed by atoms with Crippen LogP contribution in [0.1, 0.15) is 37.9 Å². The molecule has 3 nitrogen and oxygen atoms in total. The minimum Gasteiger partial charge on any atom is -0.496 e. The predicted molar refractivity (Wildman–Crippen MR) is 72.8 cm³/mol. The first-order valence-electron chi connectivity index (χ1n) is 6.81. The van der Waals surface area contributed by atoms with E-state index in [-0.39, 0.29) is 0 Å². The maximum Gasteiger partial charge on any atom is 0.124 e. The van der Waals surface area contributed by atoms with Gasteiger partial charge in [0.2, 0.25) is 0 Å².